The molecule has 27 heavy (non-hydrogen) atoms. The Hall–Kier alpha value is -2.57. The third-order valence-electron chi connectivity index (χ3n) is 4.50. The molecule has 7 nitrogen and oxygen atoms in total. The van der Waals surface area contributed by atoms with E-state index in [9.17, 15) is 14.4 Å². The fourth-order valence-electron chi connectivity index (χ4n) is 3.00. The molecule has 3 N–H and O–H groups in total. The van der Waals surface area contributed by atoms with Gasteiger partial charge in [0, 0.05) is 19.5 Å². The number of primary amides is 1. The molecule has 0 fully saturated rings. The largest absolute Gasteiger partial charge is 0.370 e. The number of imidazole rings is 1. The first kappa shape index (κ1) is 20.7. The van der Waals surface area contributed by atoms with Crippen molar-refractivity contribution in [2.45, 2.75) is 54.0 Å². The molecule has 0 saturated heterocycles. The lowest BCUT2D eigenvalue weighted by Crippen LogP contribution is -2.42. The van der Waals surface area contributed by atoms with Gasteiger partial charge in [0.2, 0.25) is 5.91 Å². The maximum atomic E-state index is 12.9. The van der Waals surface area contributed by atoms with Crippen LogP contribution < -0.4 is 16.7 Å². The molecule has 148 valence electrons. The van der Waals surface area contributed by atoms with Crippen LogP contribution in [0.25, 0.3) is 11.0 Å². The zero-order valence-corrected chi connectivity index (χ0v) is 16.8. The van der Waals surface area contributed by atoms with Gasteiger partial charge in [-0.15, -0.1) is 0 Å². The van der Waals surface area contributed by atoms with Crippen LogP contribution in [0.2, 0.25) is 0 Å². The quantitative estimate of drug-likeness (QED) is 0.813. The average Bonchev–Trinajstić information content (AvgIpc) is 2.80. The highest BCUT2D eigenvalue weighted by molar-refractivity contribution is 5.89. The summed E-state index contributed by atoms with van der Waals surface area (Å²) in [6.45, 7) is 10.8. The number of para-hydroxylation sites is 2. The van der Waals surface area contributed by atoms with E-state index in [0.29, 0.717) is 12.1 Å². The molecule has 2 rings (SSSR count). The highest BCUT2D eigenvalue weighted by Gasteiger charge is 2.24. The summed E-state index contributed by atoms with van der Waals surface area (Å²) in [5, 5.41) is 2.77. The number of nitrogens with two attached hydrogens (primary N) is 1. The van der Waals surface area contributed by atoms with Crippen molar-refractivity contribution in [1.82, 2.24) is 14.5 Å². The van der Waals surface area contributed by atoms with E-state index in [4.69, 9.17) is 5.73 Å². The number of carbonyl (C=O) groups is 2. The van der Waals surface area contributed by atoms with E-state index in [-0.39, 0.29) is 24.1 Å². The molecular weight excluding hydrogens is 344 g/mol. The number of aryl methyl sites for hydroxylation is 1. The van der Waals surface area contributed by atoms with E-state index >= 15 is 0 Å². The minimum absolute atomic E-state index is 0.0731. The monoisotopic (exact) mass is 374 g/mol. The average molecular weight is 374 g/mol. The lowest BCUT2D eigenvalue weighted by Gasteiger charge is -2.23. The Labute approximate surface area is 159 Å². The van der Waals surface area contributed by atoms with Gasteiger partial charge in [-0.05, 0) is 29.4 Å². The number of hydrogen-bond donors (Lipinski definition) is 2. The third-order valence-corrected chi connectivity index (χ3v) is 4.50. The molecule has 0 atom stereocenters. The van der Waals surface area contributed by atoms with Crippen molar-refractivity contribution >= 4 is 23.0 Å². The number of amides is 2. The Morgan fingerprint density at radius 3 is 2.22 bits per heavy atom. The van der Waals surface area contributed by atoms with Gasteiger partial charge in [0.05, 0.1) is 11.0 Å². The van der Waals surface area contributed by atoms with E-state index in [1.54, 1.807) is 16.7 Å². The van der Waals surface area contributed by atoms with E-state index in [0.717, 1.165) is 11.9 Å². The lowest BCUT2D eigenvalue weighted by atomic mass is 9.89. The molecule has 2 amide bonds. The van der Waals surface area contributed by atoms with Crippen LogP contribution in [-0.2, 0) is 11.3 Å². The van der Waals surface area contributed by atoms with Crippen molar-refractivity contribution in [2.75, 3.05) is 6.54 Å². The van der Waals surface area contributed by atoms with E-state index in [1.807, 2.05) is 26.0 Å². The molecule has 2 aromatic rings. The highest BCUT2D eigenvalue weighted by Crippen LogP contribution is 2.21. The Morgan fingerprint density at radius 1 is 1.07 bits per heavy atom. The second-order valence-corrected chi connectivity index (χ2v) is 9.04. The van der Waals surface area contributed by atoms with Gasteiger partial charge in [-0.2, -0.15) is 0 Å². The minimum Gasteiger partial charge on any atom is -0.370 e. The second-order valence-electron chi connectivity index (χ2n) is 9.04. The molecule has 0 bridgehead atoms. The second kappa shape index (κ2) is 7.58. The van der Waals surface area contributed by atoms with Gasteiger partial charge in [-0.1, -0.05) is 46.8 Å². The fourth-order valence-corrected chi connectivity index (χ4v) is 3.00. The summed E-state index contributed by atoms with van der Waals surface area (Å²) in [6, 6.07) is 6.77. The summed E-state index contributed by atoms with van der Waals surface area (Å²) in [6.07, 6.45) is 0.962. The number of rotatable bonds is 6. The van der Waals surface area contributed by atoms with Crippen molar-refractivity contribution in [3.05, 3.63) is 34.7 Å². The SMILES string of the molecule is CC(C)(C)CCn1c(=O)n(C(=O)NCC(C)(C)CC(N)=O)c2ccccc21. The number of aromatic nitrogens is 2. The predicted octanol–water partition coefficient (Wildman–Crippen LogP) is 2.70. The van der Waals surface area contributed by atoms with Gasteiger partial charge in [0.15, 0.2) is 0 Å². The van der Waals surface area contributed by atoms with Crippen molar-refractivity contribution in [2.24, 2.45) is 16.6 Å². The van der Waals surface area contributed by atoms with Crippen LogP contribution >= 0.6 is 0 Å². The molecule has 1 aromatic heterocycles. The summed E-state index contributed by atoms with van der Waals surface area (Å²) in [7, 11) is 0. The summed E-state index contributed by atoms with van der Waals surface area (Å²) < 4.78 is 2.81. The smallest absolute Gasteiger partial charge is 0.337 e. The van der Waals surface area contributed by atoms with E-state index in [1.165, 1.54) is 4.57 Å². The number of nitrogens with one attached hydrogen (secondary N) is 1. The summed E-state index contributed by atoms with van der Waals surface area (Å²) in [5.74, 6) is -0.426. The van der Waals surface area contributed by atoms with Crippen LogP contribution in [0.15, 0.2) is 29.1 Å². The molecule has 0 radical (unpaired) electrons. The van der Waals surface area contributed by atoms with Crippen molar-refractivity contribution in [3.63, 3.8) is 0 Å². The van der Waals surface area contributed by atoms with Gasteiger partial charge in [0.1, 0.15) is 0 Å². The first-order valence-electron chi connectivity index (χ1n) is 9.18. The van der Waals surface area contributed by atoms with Crippen LogP contribution in [0.1, 0.15) is 47.5 Å². The molecule has 0 aliphatic heterocycles. The van der Waals surface area contributed by atoms with Crippen molar-refractivity contribution in [1.29, 1.82) is 0 Å². The predicted molar refractivity (Wildman–Crippen MR) is 107 cm³/mol. The van der Waals surface area contributed by atoms with Gasteiger partial charge in [0.25, 0.3) is 0 Å². The molecule has 1 aromatic carbocycles. The highest BCUT2D eigenvalue weighted by atomic mass is 16.2. The molecule has 0 aliphatic carbocycles. The maximum Gasteiger partial charge on any atom is 0.337 e. The van der Waals surface area contributed by atoms with Crippen LogP contribution in [0.3, 0.4) is 0 Å². The normalized spacial score (nSPS) is 12.3. The van der Waals surface area contributed by atoms with Gasteiger partial charge >= 0.3 is 11.7 Å². The number of fused-ring (bicyclic) bond motifs is 1. The van der Waals surface area contributed by atoms with Crippen LogP contribution in [0.5, 0.6) is 0 Å². The van der Waals surface area contributed by atoms with E-state index < -0.39 is 17.4 Å². The molecular formula is C20H30N4O3. The summed E-state index contributed by atoms with van der Waals surface area (Å²) in [5.41, 5.74) is 5.79. The molecule has 0 spiro atoms. The standard InChI is InChI=1S/C20H30N4O3/c1-19(2,3)10-11-23-14-8-6-7-9-15(14)24(18(23)27)17(26)22-13-20(4,5)12-16(21)25/h6-9H,10-13H2,1-5H3,(H2,21,25)(H,22,26). The van der Waals surface area contributed by atoms with Crippen molar-refractivity contribution in [3.8, 4) is 0 Å². The third kappa shape index (κ3) is 5.21. The van der Waals surface area contributed by atoms with Gasteiger partial charge < -0.3 is 11.1 Å². The van der Waals surface area contributed by atoms with Crippen LogP contribution in [0, 0.1) is 10.8 Å². The van der Waals surface area contributed by atoms with E-state index in [2.05, 4.69) is 26.1 Å². The lowest BCUT2D eigenvalue weighted by molar-refractivity contribution is -0.119. The summed E-state index contributed by atoms with van der Waals surface area (Å²) >= 11 is 0. The maximum absolute atomic E-state index is 12.9. The Balaban J connectivity index is 2.32. The molecule has 0 saturated carbocycles. The molecule has 1 heterocycles. The number of nitrogens with zero attached hydrogens (tertiary/aromatic N) is 2. The molecule has 0 aliphatic rings. The first-order chi connectivity index (χ1) is 12.4. The number of hydrogen-bond acceptors (Lipinski definition) is 3. The van der Waals surface area contributed by atoms with Crippen LogP contribution in [0.4, 0.5) is 4.79 Å². The topological polar surface area (TPSA) is 99.1 Å². The van der Waals surface area contributed by atoms with Crippen LogP contribution in [-0.4, -0.2) is 27.6 Å². The zero-order chi connectivity index (χ0) is 20.4. The summed E-state index contributed by atoms with van der Waals surface area (Å²) in [4.78, 5) is 36.9. The Kier molecular flexibility index (Phi) is 5.82. The van der Waals surface area contributed by atoms with Gasteiger partial charge in [-0.3, -0.25) is 9.36 Å². The number of carbonyl (C=O) groups excluding carboxylic acids is 2. The minimum atomic E-state index is -0.497. The fraction of sp³-hybridized carbons (Fsp3) is 0.550. The van der Waals surface area contributed by atoms with Crippen molar-refractivity contribution < 1.29 is 9.59 Å². The Morgan fingerprint density at radius 2 is 1.67 bits per heavy atom. The molecule has 7 heteroatoms. The number of benzene rings is 1. The first-order valence-corrected chi connectivity index (χ1v) is 9.18. The van der Waals surface area contributed by atoms with Gasteiger partial charge in [-0.25, -0.2) is 14.2 Å². The Bertz CT molecular complexity index is 900. The zero-order valence-electron chi connectivity index (χ0n) is 16.8. The molecule has 0 unspecified atom stereocenters.